The van der Waals surface area contributed by atoms with Crippen molar-refractivity contribution in [2.45, 2.75) is 35.2 Å². The van der Waals surface area contributed by atoms with E-state index in [0.717, 1.165) is 35.4 Å². The molecule has 0 bridgehead atoms. The van der Waals surface area contributed by atoms with Gasteiger partial charge in [0.15, 0.2) is 4.34 Å². The van der Waals surface area contributed by atoms with Crippen molar-refractivity contribution in [1.82, 2.24) is 14.3 Å². The number of aromatic nitrogens is 2. The van der Waals surface area contributed by atoms with E-state index in [1.54, 1.807) is 0 Å². The van der Waals surface area contributed by atoms with E-state index in [-0.39, 0.29) is 5.91 Å². The molecule has 1 fully saturated rings. The highest BCUT2D eigenvalue weighted by atomic mass is 32.2. The predicted molar refractivity (Wildman–Crippen MR) is 77.5 cm³/mol. The number of carbonyl (C=O) groups is 1. The summed E-state index contributed by atoms with van der Waals surface area (Å²) in [4.78, 5) is 18.4. The number of likely N-dealkylation sites (tertiary alicyclic amines) is 1. The van der Waals surface area contributed by atoms with Gasteiger partial charge < -0.3 is 4.90 Å². The zero-order valence-electron chi connectivity index (χ0n) is 10.4. The van der Waals surface area contributed by atoms with Crippen molar-refractivity contribution < 1.29 is 4.79 Å². The maximum absolute atomic E-state index is 12.1. The normalized spacial score (nSPS) is 16.6. The third-order valence-electron chi connectivity index (χ3n) is 2.85. The first-order valence-electron chi connectivity index (χ1n) is 6.08. The summed E-state index contributed by atoms with van der Waals surface area (Å²) in [5, 5.41) is 0.796. The van der Waals surface area contributed by atoms with Crippen molar-refractivity contribution in [2.24, 2.45) is 0 Å². The lowest BCUT2D eigenvalue weighted by Crippen LogP contribution is -2.33. The zero-order valence-corrected chi connectivity index (χ0v) is 12.9. The fourth-order valence-electron chi connectivity index (χ4n) is 1.87. The number of thioether (sulfide) groups is 2. The van der Waals surface area contributed by atoms with Crippen LogP contribution in [0, 0.1) is 0 Å². The molecule has 1 aromatic rings. The Labute approximate surface area is 120 Å². The van der Waals surface area contributed by atoms with Crippen LogP contribution in [-0.2, 0) is 4.79 Å². The predicted octanol–water partition coefficient (Wildman–Crippen LogP) is 2.75. The summed E-state index contributed by atoms with van der Waals surface area (Å²) in [7, 11) is 0. The van der Waals surface area contributed by atoms with Gasteiger partial charge in [-0.25, -0.2) is 4.98 Å². The van der Waals surface area contributed by atoms with Gasteiger partial charge >= 0.3 is 0 Å². The molecule has 1 aliphatic rings. The van der Waals surface area contributed by atoms with Crippen LogP contribution in [0.25, 0.3) is 0 Å². The minimum absolute atomic E-state index is 0.239. The number of carbonyl (C=O) groups excluding carboxylic acids is 1. The third kappa shape index (κ3) is 4.13. The Kier molecular flexibility index (Phi) is 5.78. The van der Waals surface area contributed by atoms with Crippen molar-refractivity contribution in [3.63, 3.8) is 0 Å². The molecular weight excluding hydrogens is 286 g/mol. The van der Waals surface area contributed by atoms with Gasteiger partial charge in [0.05, 0.1) is 5.75 Å². The average Bonchev–Trinajstić information content (AvgIpc) is 2.68. The second kappa shape index (κ2) is 7.35. The summed E-state index contributed by atoms with van der Waals surface area (Å²) in [6, 6.07) is 0. The fourth-order valence-corrected chi connectivity index (χ4v) is 3.99. The van der Waals surface area contributed by atoms with E-state index in [4.69, 9.17) is 0 Å². The lowest BCUT2D eigenvalue weighted by molar-refractivity contribution is -0.128. The van der Waals surface area contributed by atoms with E-state index in [2.05, 4.69) is 9.36 Å². The van der Waals surface area contributed by atoms with E-state index < -0.39 is 0 Å². The lowest BCUT2D eigenvalue weighted by Gasteiger charge is -2.19. The monoisotopic (exact) mass is 303 g/mol. The van der Waals surface area contributed by atoms with E-state index >= 15 is 0 Å². The van der Waals surface area contributed by atoms with Gasteiger partial charge in [0.25, 0.3) is 0 Å². The van der Waals surface area contributed by atoms with E-state index in [0.29, 0.717) is 5.75 Å². The van der Waals surface area contributed by atoms with Crippen molar-refractivity contribution in [3.8, 4) is 0 Å². The van der Waals surface area contributed by atoms with Gasteiger partial charge in [-0.1, -0.05) is 36.4 Å². The van der Waals surface area contributed by atoms with Gasteiger partial charge in [-0.2, -0.15) is 4.37 Å². The summed E-state index contributed by atoms with van der Waals surface area (Å²) in [5.41, 5.74) is 0. The minimum atomic E-state index is 0.239. The van der Waals surface area contributed by atoms with Crippen LogP contribution in [0.2, 0.25) is 0 Å². The van der Waals surface area contributed by atoms with Gasteiger partial charge in [0.2, 0.25) is 11.1 Å². The molecule has 1 aliphatic heterocycles. The molecule has 0 unspecified atom stereocenters. The Morgan fingerprint density at radius 1 is 1.33 bits per heavy atom. The van der Waals surface area contributed by atoms with E-state index in [9.17, 15) is 4.79 Å². The molecule has 0 atom stereocenters. The van der Waals surface area contributed by atoms with Gasteiger partial charge in [-0.05, 0) is 30.6 Å². The standard InChI is InChI=1S/C11H17N3OS3/c1-16-10-12-11(18-13-10)17-8-9(15)14-6-4-2-3-5-7-14/h2-8H2,1H3. The number of amides is 1. The fraction of sp³-hybridized carbons (Fsp3) is 0.727. The second-order valence-corrected chi connectivity index (χ2v) is 6.88. The molecule has 0 aliphatic carbocycles. The molecule has 0 aromatic carbocycles. The SMILES string of the molecule is CSc1nsc(SCC(=O)N2CCCCCC2)n1. The molecule has 2 rings (SSSR count). The molecule has 1 saturated heterocycles. The van der Waals surface area contributed by atoms with Crippen LogP contribution in [0.4, 0.5) is 0 Å². The Morgan fingerprint density at radius 2 is 2.06 bits per heavy atom. The summed E-state index contributed by atoms with van der Waals surface area (Å²) in [6.07, 6.45) is 6.76. The molecule has 4 nitrogen and oxygen atoms in total. The Balaban J connectivity index is 1.79. The van der Waals surface area contributed by atoms with Gasteiger partial charge in [0.1, 0.15) is 0 Å². The lowest BCUT2D eigenvalue weighted by atomic mass is 10.2. The van der Waals surface area contributed by atoms with Crippen LogP contribution in [-0.4, -0.2) is 45.3 Å². The molecule has 0 saturated carbocycles. The third-order valence-corrected chi connectivity index (χ3v) is 5.33. The maximum Gasteiger partial charge on any atom is 0.233 e. The highest BCUT2D eigenvalue weighted by Crippen LogP contribution is 2.24. The number of nitrogens with zero attached hydrogens (tertiary/aromatic N) is 3. The number of hydrogen-bond acceptors (Lipinski definition) is 6. The molecule has 18 heavy (non-hydrogen) atoms. The van der Waals surface area contributed by atoms with Crippen LogP contribution < -0.4 is 0 Å². The molecule has 1 amide bonds. The summed E-state index contributed by atoms with van der Waals surface area (Å²) >= 11 is 4.42. The molecule has 0 spiro atoms. The number of rotatable bonds is 4. The molecule has 2 heterocycles. The molecule has 1 aromatic heterocycles. The molecule has 0 radical (unpaired) electrons. The van der Waals surface area contributed by atoms with Crippen molar-refractivity contribution in [3.05, 3.63) is 0 Å². The first-order chi connectivity index (χ1) is 8.79. The summed E-state index contributed by atoms with van der Waals surface area (Å²) in [5.74, 6) is 0.728. The van der Waals surface area contributed by atoms with E-state index in [1.165, 1.54) is 47.9 Å². The van der Waals surface area contributed by atoms with Gasteiger partial charge in [0, 0.05) is 13.1 Å². The smallest absolute Gasteiger partial charge is 0.233 e. The van der Waals surface area contributed by atoms with Crippen LogP contribution in [0.1, 0.15) is 25.7 Å². The summed E-state index contributed by atoms with van der Waals surface area (Å²) in [6.45, 7) is 1.84. The molecule has 0 N–H and O–H groups in total. The van der Waals surface area contributed by atoms with Crippen LogP contribution in [0.5, 0.6) is 0 Å². The van der Waals surface area contributed by atoms with Crippen LogP contribution >= 0.6 is 35.1 Å². The van der Waals surface area contributed by atoms with E-state index in [1.807, 2.05) is 11.2 Å². The van der Waals surface area contributed by atoms with Crippen LogP contribution in [0.15, 0.2) is 9.50 Å². The molecule has 100 valence electrons. The Bertz CT molecular complexity index is 389. The van der Waals surface area contributed by atoms with Gasteiger partial charge in [-0.15, -0.1) is 0 Å². The highest BCUT2D eigenvalue weighted by molar-refractivity contribution is 8.01. The minimum Gasteiger partial charge on any atom is -0.342 e. The van der Waals surface area contributed by atoms with Crippen molar-refractivity contribution in [1.29, 1.82) is 0 Å². The highest BCUT2D eigenvalue weighted by Gasteiger charge is 2.16. The first-order valence-corrected chi connectivity index (χ1v) is 9.06. The first kappa shape index (κ1) is 14.1. The second-order valence-electron chi connectivity index (χ2n) is 4.13. The largest absolute Gasteiger partial charge is 0.342 e. The van der Waals surface area contributed by atoms with Crippen molar-refractivity contribution >= 4 is 41.0 Å². The molecular formula is C11H17N3OS3. The number of hydrogen-bond donors (Lipinski definition) is 0. The Morgan fingerprint density at radius 3 is 2.67 bits per heavy atom. The molecule has 7 heteroatoms. The van der Waals surface area contributed by atoms with Crippen LogP contribution in [0.3, 0.4) is 0 Å². The maximum atomic E-state index is 12.1. The zero-order chi connectivity index (χ0) is 12.8. The summed E-state index contributed by atoms with van der Waals surface area (Å²) < 4.78 is 5.08. The quantitative estimate of drug-likeness (QED) is 0.800. The average molecular weight is 303 g/mol. The van der Waals surface area contributed by atoms with Crippen molar-refractivity contribution in [2.75, 3.05) is 25.1 Å². The topological polar surface area (TPSA) is 46.1 Å². The van der Waals surface area contributed by atoms with Gasteiger partial charge in [-0.3, -0.25) is 4.79 Å². The Hall–Kier alpha value is -0.270.